The van der Waals surface area contributed by atoms with Gasteiger partial charge in [0.05, 0.1) is 11.8 Å². The number of nitrogens with one attached hydrogen (secondary N) is 2. The number of carbonyl (C=O) groups is 2. The molecule has 0 atom stereocenters. The van der Waals surface area contributed by atoms with Crippen molar-refractivity contribution in [1.29, 1.82) is 0 Å². The van der Waals surface area contributed by atoms with Crippen LogP contribution in [0.1, 0.15) is 343 Å². The number of aryl methyl sites for hydroxylation is 3. The van der Waals surface area contributed by atoms with Crippen molar-refractivity contribution in [2.24, 2.45) is 70.0 Å². The number of hydrogen-bond acceptors (Lipinski definition) is 20. The number of esters is 1. The number of oxazole rings is 1. The van der Waals surface area contributed by atoms with Crippen molar-refractivity contribution in [3.63, 3.8) is 0 Å². The van der Waals surface area contributed by atoms with Crippen LogP contribution in [0.25, 0.3) is 45.8 Å². The summed E-state index contributed by atoms with van der Waals surface area (Å²) < 4.78 is 26.8. The number of nitrogens with two attached hydrogens (primary N) is 4. The van der Waals surface area contributed by atoms with Crippen LogP contribution in [0.5, 0.6) is 0 Å². The van der Waals surface area contributed by atoms with Gasteiger partial charge in [-0.15, -0.1) is 0 Å². The van der Waals surface area contributed by atoms with Crippen LogP contribution in [0.2, 0.25) is 0 Å². The summed E-state index contributed by atoms with van der Waals surface area (Å²) in [5.74, 6) is 13.4. The van der Waals surface area contributed by atoms with Crippen LogP contribution >= 0.6 is 0 Å². The van der Waals surface area contributed by atoms with Crippen molar-refractivity contribution in [3.8, 4) is 45.8 Å². The van der Waals surface area contributed by atoms with Gasteiger partial charge in [-0.25, -0.2) is 9.78 Å². The zero-order valence-electron chi connectivity index (χ0n) is 83.7. The average molecular weight is 1870 g/mol. The molecule has 0 spiro atoms. The lowest BCUT2D eigenvalue weighted by atomic mass is 9.48. The third kappa shape index (κ3) is 26.8. The molecule has 13 aliphatic carbocycles. The highest BCUT2D eigenvalue weighted by molar-refractivity contribution is 5.97. The number of ether oxygens (including phenoxy) is 1. The normalized spacial score (nSPS) is 23.0. The van der Waals surface area contributed by atoms with Gasteiger partial charge >= 0.3 is 5.97 Å². The number of hydrogen-bond donors (Lipinski definition) is 6. The first-order valence-electron chi connectivity index (χ1n) is 53.4. The van der Waals surface area contributed by atoms with Gasteiger partial charge in [-0.05, 0) is 352 Å². The van der Waals surface area contributed by atoms with E-state index in [1.54, 1.807) is 12.5 Å². The van der Waals surface area contributed by atoms with Crippen molar-refractivity contribution in [3.05, 3.63) is 214 Å². The quantitative estimate of drug-likeness (QED) is 0.0197. The Hall–Kier alpha value is -10.9. The predicted molar refractivity (Wildman–Crippen MR) is 556 cm³/mol. The Morgan fingerprint density at radius 2 is 0.761 bits per heavy atom. The molecule has 24 rings (SSSR count). The third-order valence-electron chi connectivity index (χ3n) is 32.5. The number of benzene rings is 7. The van der Waals surface area contributed by atoms with E-state index in [0.717, 1.165) is 153 Å². The molecule has 10 N–H and O–H groups in total. The number of anilines is 7. The van der Waals surface area contributed by atoms with Crippen molar-refractivity contribution >= 4 is 51.6 Å². The molecule has 0 amide bonds. The second-order valence-electron chi connectivity index (χ2n) is 44.9. The molecule has 13 aliphatic rings. The van der Waals surface area contributed by atoms with Crippen LogP contribution in [0, 0.1) is 90.8 Å². The third-order valence-corrected chi connectivity index (χ3v) is 32.5. The van der Waals surface area contributed by atoms with Gasteiger partial charge in [0.2, 0.25) is 5.89 Å². The predicted octanol–water partition coefficient (Wildman–Crippen LogP) is 29.2. The molecule has 0 aliphatic heterocycles. The van der Waals surface area contributed by atoms with Crippen molar-refractivity contribution in [2.75, 3.05) is 33.6 Å². The van der Waals surface area contributed by atoms with Gasteiger partial charge in [0.25, 0.3) is 17.7 Å². The van der Waals surface area contributed by atoms with E-state index in [2.05, 4.69) is 101 Å². The molecular weight excluding hydrogens is 1710 g/mol. The summed E-state index contributed by atoms with van der Waals surface area (Å²) in [5, 5.41) is 19.1. The molecule has 138 heavy (non-hydrogen) atoms. The standard InChI is InChI=1S/C26H35N3O.C24H31NO2.C20H25N3O.C16H21N3O.C16H20N2O.C16H23NO/c1-17-27-25(30-29-17)21-7-8-22(24(12-21)28-23-5-3-2-4-6-23)16-26-13-18-9-19(14-26)11-20(10-18)15-26;1-24(2,3)27-23(26)20-15-14-19(16-18-10-6-4-7-11-18)22(17-20)25-21-12-8-5-9-13-21;1-12-22-19(24-23-12)16-2-3-17(18(21)7-16)11-20-8-13-4-14(9-20)6-15(5-13)10-20;1-11-18-16(20-19-11)14-8-7-13(15(17)10-14)9-12-5-3-2-4-6-12;17-15-11-14(16-18-8-9-19-16)7-6-13(15)10-12-4-2-1-3-5-12;1-2-16(18)14-9-8-13(15(17)11-14)10-12-6-4-3-5-7-12/h7-8,12,18-20,23,28H,2-6,9-11,13-16H2,1H3;5,8-9,12-15,17-18,25H,4,6-7,10-11,16H2,1-3H3;2-3,7,13-15H,4-6,8-11,21H2,1H3;7-8,10,12H,2-6,9,17H2,1H3;6-9,11-12H,1-5,10,17H2;8-9,11-12H,2-7,10,17H2,1H3. The zero-order chi connectivity index (χ0) is 95.7. The topological polar surface area (TPSA) is 314 Å². The van der Waals surface area contributed by atoms with Crippen LogP contribution < -0.4 is 33.6 Å². The Bertz CT molecular complexity index is 5700. The number of nitrogen functional groups attached to an aromatic ring is 4. The summed E-state index contributed by atoms with van der Waals surface area (Å²) in [6.45, 7) is 13.1. The molecular formula is C118H155N13O7. The second kappa shape index (κ2) is 46.0. The van der Waals surface area contributed by atoms with E-state index >= 15 is 0 Å². The number of para-hydroxylation sites is 1. The van der Waals surface area contributed by atoms with E-state index in [0.29, 0.717) is 69.9 Å². The number of ketones is 1. The van der Waals surface area contributed by atoms with Crippen LogP contribution in [0.4, 0.5) is 39.8 Å². The Morgan fingerprint density at radius 1 is 0.399 bits per heavy atom. The molecule has 0 radical (unpaired) electrons. The second-order valence-corrected chi connectivity index (χ2v) is 44.9. The molecule has 734 valence electrons. The molecule has 8 bridgehead atoms. The average Bonchev–Trinajstić information content (AvgIpc) is 0.931. The zero-order valence-corrected chi connectivity index (χ0v) is 83.7. The van der Waals surface area contributed by atoms with Crippen LogP contribution in [0.3, 0.4) is 0 Å². The first-order valence-corrected chi connectivity index (χ1v) is 53.4. The molecule has 13 fully saturated rings. The molecule has 20 nitrogen and oxygen atoms in total. The minimum Gasteiger partial charge on any atom is -0.456 e. The van der Waals surface area contributed by atoms with Gasteiger partial charge in [-0.2, -0.15) is 15.0 Å². The fraction of sp³-hybridized carbons (Fsp3) is 0.551. The Balaban J connectivity index is 0.000000116. The van der Waals surface area contributed by atoms with Gasteiger partial charge in [0.15, 0.2) is 23.3 Å². The van der Waals surface area contributed by atoms with Gasteiger partial charge < -0.3 is 56.3 Å². The van der Waals surface area contributed by atoms with Gasteiger partial charge in [0, 0.05) is 80.1 Å². The molecule has 0 saturated heterocycles. The highest BCUT2D eigenvalue weighted by Crippen LogP contribution is 2.63. The van der Waals surface area contributed by atoms with Gasteiger partial charge in [-0.1, -0.05) is 231 Å². The smallest absolute Gasteiger partial charge is 0.338 e. The lowest BCUT2D eigenvalue weighted by Crippen LogP contribution is -2.47. The van der Waals surface area contributed by atoms with E-state index in [9.17, 15) is 9.59 Å². The van der Waals surface area contributed by atoms with E-state index in [1.807, 2.05) is 133 Å². The van der Waals surface area contributed by atoms with E-state index in [1.165, 1.54) is 283 Å². The van der Waals surface area contributed by atoms with E-state index in [4.69, 9.17) is 45.7 Å². The fourth-order valence-electron chi connectivity index (χ4n) is 26.6. The summed E-state index contributed by atoms with van der Waals surface area (Å²) in [6, 6.07) is 47.9. The minimum atomic E-state index is -0.495. The van der Waals surface area contributed by atoms with Gasteiger partial charge in [0.1, 0.15) is 11.9 Å². The Labute approximate surface area is 820 Å². The largest absolute Gasteiger partial charge is 0.456 e. The molecule has 4 heterocycles. The van der Waals surface area contributed by atoms with E-state index in [-0.39, 0.29) is 11.8 Å². The lowest BCUT2D eigenvalue weighted by molar-refractivity contribution is -0.0522. The maximum atomic E-state index is 12.5. The minimum absolute atomic E-state index is 0.172. The SMILES string of the molecule is CC(C)(C)OC(=O)c1ccc(CC2CCCCC2)c(Nc2ccccc2)c1.CCC(=O)c1ccc(CC2CCCCC2)c(N)c1.Cc1noc(-c2ccc(CC34CC5CC(CC(C5)C3)C4)c(N)c2)n1.Cc1noc(-c2ccc(CC34CC5CC(CC(C5)C3)C4)c(NC3CCCCC3)c2)n1.Cc1noc(-c2ccc(CC3CCCCC3)c(N)c2)n1.Nc1cc(-c2ncco2)ccc1CC1CCCCC1. The van der Waals surface area contributed by atoms with Crippen molar-refractivity contribution in [2.45, 2.75) is 343 Å². The maximum Gasteiger partial charge on any atom is 0.338 e. The monoisotopic (exact) mass is 1870 g/mol. The molecule has 4 aromatic heterocycles. The number of aromatic nitrogens is 7. The number of carbonyl (C=O) groups excluding carboxylic acids is 2. The molecule has 11 aromatic rings. The fourth-order valence-corrected chi connectivity index (χ4v) is 26.6. The summed E-state index contributed by atoms with van der Waals surface area (Å²) >= 11 is 0. The lowest BCUT2D eigenvalue weighted by Gasteiger charge is -2.57. The summed E-state index contributed by atoms with van der Waals surface area (Å²) in [4.78, 5) is 41.3. The summed E-state index contributed by atoms with van der Waals surface area (Å²) in [6.07, 6.45) is 61.9. The van der Waals surface area contributed by atoms with Crippen LogP contribution in [-0.2, 0) is 43.3 Å². The van der Waals surface area contributed by atoms with Crippen molar-refractivity contribution < 1.29 is 32.3 Å². The maximum absolute atomic E-state index is 12.5. The van der Waals surface area contributed by atoms with Crippen molar-refractivity contribution in [1.82, 2.24) is 35.4 Å². The van der Waals surface area contributed by atoms with Crippen LogP contribution in [0.15, 0.2) is 170 Å². The molecule has 7 aromatic carbocycles. The van der Waals surface area contributed by atoms with E-state index < -0.39 is 5.60 Å². The first-order chi connectivity index (χ1) is 66.9. The number of nitrogens with zero attached hydrogens (tertiary/aromatic N) is 7. The highest BCUT2D eigenvalue weighted by Gasteiger charge is 2.52. The van der Waals surface area contributed by atoms with Crippen LogP contribution in [-0.4, -0.2) is 58.8 Å². The van der Waals surface area contributed by atoms with Gasteiger partial charge in [-0.3, -0.25) is 4.79 Å². The molecule has 0 unspecified atom stereocenters. The summed E-state index contributed by atoms with van der Waals surface area (Å²) in [7, 11) is 0. The number of Topliss-reactive ketones (excluding diaryl/α,β-unsaturated/α-hetero) is 1. The molecule has 13 saturated carbocycles. The summed E-state index contributed by atoms with van der Waals surface area (Å²) in [5.41, 5.74) is 45.1. The molecule has 20 heteroatoms. The number of rotatable bonds is 23. The Morgan fingerprint density at radius 3 is 1.14 bits per heavy atom. The first kappa shape index (κ1) is 98.7. The highest BCUT2D eigenvalue weighted by atomic mass is 16.6. The Kier molecular flexibility index (Phi) is 32.9.